The van der Waals surface area contributed by atoms with E-state index in [0.29, 0.717) is 0 Å². The molecule has 1 aromatic carbocycles. The van der Waals surface area contributed by atoms with Crippen LogP contribution in [0, 0.1) is 13.5 Å². The van der Waals surface area contributed by atoms with Crippen molar-refractivity contribution in [1.29, 1.82) is 0 Å². The molecule has 1 heterocycles. The molecule has 0 N–H and O–H groups in total. The van der Waals surface area contributed by atoms with Crippen LogP contribution in [-0.2, 0) is 18.8 Å². The van der Waals surface area contributed by atoms with Crippen molar-refractivity contribution < 1.29 is 18.8 Å². The molecule has 2 aromatic rings. The summed E-state index contributed by atoms with van der Waals surface area (Å²) in [4.78, 5) is 4.22. The maximum absolute atomic E-state index is 4.61. The number of nitrogens with zero attached hydrogens (tertiary/aromatic N) is 1. The van der Waals surface area contributed by atoms with E-state index in [4.69, 9.17) is 0 Å². The van der Waals surface area contributed by atoms with Gasteiger partial charge in [0.1, 0.15) is 0 Å². The maximum atomic E-state index is 4.61. The minimum atomic E-state index is 0. The van der Waals surface area contributed by atoms with Gasteiger partial charge in [0.15, 0.2) is 0 Å². The first-order valence-electron chi connectivity index (χ1n) is 3.97. The van der Waals surface area contributed by atoms with Gasteiger partial charge in [-0.05, 0) is 11.8 Å². The van der Waals surface area contributed by atoms with Gasteiger partial charge in [-0.2, -0.15) is 0 Å². The number of benzene rings is 1. The third kappa shape index (κ3) is 4.59. The SMILES string of the molecule is [CH2-].[Cl][Pt].[c-]1ccccc1-c1ccccn1. The Morgan fingerprint density at radius 3 is 2.33 bits per heavy atom. The van der Waals surface area contributed by atoms with Crippen molar-refractivity contribution in [2.24, 2.45) is 0 Å². The normalized spacial score (nSPS) is 8.20. The Bertz CT molecular complexity index is 313. The van der Waals surface area contributed by atoms with Crippen molar-refractivity contribution in [2.75, 3.05) is 0 Å². The summed E-state index contributed by atoms with van der Waals surface area (Å²) in [5, 5.41) is 0. The Kier molecular flexibility index (Phi) is 8.26. The standard InChI is InChI=1S/C11H8N.CH2.ClH.Pt/c1-2-6-10(7-3-1)11-8-4-5-9-12-11;;;/h1-6,8-9H;1H2;1H;/q2*-1;;+1/p-1. The van der Waals surface area contributed by atoms with Crippen LogP contribution in [0.5, 0.6) is 0 Å². The Labute approximate surface area is 106 Å². The first-order valence-corrected chi connectivity index (χ1v) is 6.78. The van der Waals surface area contributed by atoms with E-state index in [1.807, 2.05) is 42.5 Å². The van der Waals surface area contributed by atoms with Crippen LogP contribution in [-0.4, -0.2) is 4.98 Å². The minimum absolute atomic E-state index is 0. The van der Waals surface area contributed by atoms with Gasteiger partial charge in [0.05, 0.1) is 0 Å². The van der Waals surface area contributed by atoms with Crippen molar-refractivity contribution in [3.05, 3.63) is 62.2 Å². The molecule has 0 bridgehead atoms. The van der Waals surface area contributed by atoms with E-state index < -0.39 is 0 Å². The van der Waals surface area contributed by atoms with Gasteiger partial charge in [0.2, 0.25) is 0 Å². The van der Waals surface area contributed by atoms with Crippen molar-refractivity contribution in [3.63, 3.8) is 0 Å². The second-order valence-electron chi connectivity index (χ2n) is 2.49. The van der Waals surface area contributed by atoms with E-state index >= 15 is 0 Å². The van der Waals surface area contributed by atoms with Crippen molar-refractivity contribution in [1.82, 2.24) is 4.98 Å². The molecule has 2 rings (SSSR count). The molecule has 0 aliphatic carbocycles. The van der Waals surface area contributed by atoms with E-state index in [1.54, 1.807) is 25.0 Å². The van der Waals surface area contributed by atoms with Gasteiger partial charge in [0, 0.05) is 6.20 Å². The van der Waals surface area contributed by atoms with E-state index in [9.17, 15) is 0 Å². The maximum Gasteiger partial charge on any atom is 0.0160 e. The zero-order valence-electron chi connectivity index (χ0n) is 7.97. The van der Waals surface area contributed by atoms with Gasteiger partial charge < -0.3 is 12.4 Å². The van der Waals surface area contributed by atoms with Crippen LogP contribution in [0.25, 0.3) is 11.3 Å². The molecule has 0 atom stereocenters. The van der Waals surface area contributed by atoms with Gasteiger partial charge in [-0.1, -0.05) is 12.1 Å². The second kappa shape index (κ2) is 8.64. The quantitative estimate of drug-likeness (QED) is 0.669. The van der Waals surface area contributed by atoms with Crippen LogP contribution in [0.3, 0.4) is 0 Å². The van der Waals surface area contributed by atoms with Gasteiger partial charge >= 0.3 is 28.2 Å². The van der Waals surface area contributed by atoms with E-state index in [1.165, 1.54) is 0 Å². The van der Waals surface area contributed by atoms with Gasteiger partial charge in [-0.3, -0.25) is 0 Å². The molecule has 0 unspecified atom stereocenters. The summed E-state index contributed by atoms with van der Waals surface area (Å²) in [5.41, 5.74) is 2.01. The Morgan fingerprint density at radius 1 is 1.07 bits per heavy atom. The van der Waals surface area contributed by atoms with Crippen molar-refractivity contribution in [2.45, 2.75) is 0 Å². The zero-order chi connectivity index (χ0) is 10.2. The van der Waals surface area contributed by atoms with Crippen LogP contribution in [0.15, 0.2) is 48.7 Å². The number of rotatable bonds is 1. The Hall–Kier alpha value is -0.652. The molecular weight excluding hydrogens is 389 g/mol. The molecule has 15 heavy (non-hydrogen) atoms. The predicted molar refractivity (Wildman–Crippen MR) is 59.7 cm³/mol. The fourth-order valence-corrected chi connectivity index (χ4v) is 1.07. The summed E-state index contributed by atoms with van der Waals surface area (Å²) in [6, 6.07) is 16.8. The Balaban J connectivity index is 0.000000617. The van der Waals surface area contributed by atoms with Gasteiger partial charge in [-0.15, -0.1) is 35.9 Å². The topological polar surface area (TPSA) is 12.9 Å². The van der Waals surface area contributed by atoms with Crippen molar-refractivity contribution in [3.8, 4) is 11.3 Å². The summed E-state index contributed by atoms with van der Waals surface area (Å²) in [6.07, 6.45) is 1.79. The third-order valence-electron chi connectivity index (χ3n) is 1.65. The zero-order valence-corrected chi connectivity index (χ0v) is 11.0. The van der Waals surface area contributed by atoms with Gasteiger partial charge in [-0.25, -0.2) is 0 Å². The number of hydrogen-bond donors (Lipinski definition) is 0. The van der Waals surface area contributed by atoms with Crippen LogP contribution in [0.4, 0.5) is 0 Å². The Morgan fingerprint density at radius 2 is 1.80 bits per heavy atom. The average Bonchev–Trinajstić information content (AvgIpc) is 2.34. The molecule has 0 aliphatic rings. The minimum Gasteiger partial charge on any atom is -0.305 e. The fourth-order valence-electron chi connectivity index (χ4n) is 1.07. The number of halogens is 1. The number of hydrogen-bond acceptors (Lipinski definition) is 1. The summed E-state index contributed by atoms with van der Waals surface area (Å²) < 4.78 is 0. The molecular formula is C12H10ClNPt-2. The smallest absolute Gasteiger partial charge is 0.0160 e. The van der Waals surface area contributed by atoms with Crippen molar-refractivity contribution >= 4 is 9.42 Å². The van der Waals surface area contributed by atoms with Crippen LogP contribution in [0.2, 0.25) is 0 Å². The van der Waals surface area contributed by atoms with Gasteiger partial charge in [0.25, 0.3) is 0 Å². The fraction of sp³-hybridized carbons (Fsp3) is 0. The monoisotopic (exact) mass is 398 g/mol. The molecule has 0 spiro atoms. The van der Waals surface area contributed by atoms with Crippen LogP contribution in [0.1, 0.15) is 0 Å². The molecule has 0 aliphatic heterocycles. The summed E-state index contributed by atoms with van der Waals surface area (Å²) in [6.45, 7) is 0. The second-order valence-corrected chi connectivity index (χ2v) is 2.49. The first-order chi connectivity index (χ1) is 6.97. The molecule has 1 aromatic heterocycles. The largest absolute Gasteiger partial charge is 0.305 e. The van der Waals surface area contributed by atoms with Crippen LogP contribution < -0.4 is 0 Å². The third-order valence-corrected chi connectivity index (χ3v) is 1.65. The number of pyridine rings is 1. The number of aromatic nitrogens is 1. The average molecular weight is 399 g/mol. The van der Waals surface area contributed by atoms with E-state index in [2.05, 4.69) is 20.5 Å². The molecule has 82 valence electrons. The van der Waals surface area contributed by atoms with E-state index in [0.717, 1.165) is 11.3 Å². The predicted octanol–water partition coefficient (Wildman–Crippen LogP) is 3.56. The molecule has 0 amide bonds. The van der Waals surface area contributed by atoms with E-state index in [-0.39, 0.29) is 7.43 Å². The summed E-state index contributed by atoms with van der Waals surface area (Å²) in [5.74, 6) is 0. The molecule has 3 heteroatoms. The molecule has 0 fully saturated rings. The molecule has 1 nitrogen and oxygen atoms in total. The summed E-state index contributed by atoms with van der Waals surface area (Å²) in [7, 11) is 4.61. The van der Waals surface area contributed by atoms with Crippen LogP contribution >= 0.6 is 9.42 Å². The molecule has 0 saturated heterocycles. The molecule has 0 saturated carbocycles. The summed E-state index contributed by atoms with van der Waals surface area (Å²) >= 11 is 1.61. The molecule has 1 radical (unpaired) electrons. The first kappa shape index (κ1) is 14.3.